The molecule has 0 radical (unpaired) electrons. The van der Waals surface area contributed by atoms with E-state index in [4.69, 9.17) is 6.42 Å². The van der Waals surface area contributed by atoms with E-state index in [0.29, 0.717) is 13.0 Å². The molecule has 2 rings (SSSR count). The Kier molecular flexibility index (Phi) is 2.86. The summed E-state index contributed by atoms with van der Waals surface area (Å²) in [6.45, 7) is 0.336. The minimum atomic E-state index is -0.607. The fourth-order valence-corrected chi connectivity index (χ4v) is 2.55. The third kappa shape index (κ3) is 1.67. The smallest absolute Gasteiger partial charge is 0.323 e. The van der Waals surface area contributed by atoms with Gasteiger partial charge in [0.25, 0.3) is 5.91 Å². The van der Waals surface area contributed by atoms with E-state index >= 15 is 0 Å². The molecular weight excluding hydrogens is 204 g/mol. The number of terminal acetylenes is 1. The van der Waals surface area contributed by atoms with E-state index in [2.05, 4.69) is 11.2 Å². The van der Waals surface area contributed by atoms with Gasteiger partial charge in [-0.25, -0.2) is 4.79 Å². The fourth-order valence-electron chi connectivity index (χ4n) is 2.55. The number of amides is 3. The number of hydrogen-bond donors (Lipinski definition) is 1. The van der Waals surface area contributed by atoms with Crippen LogP contribution in [0.15, 0.2) is 0 Å². The number of nitrogens with zero attached hydrogens (tertiary/aromatic N) is 1. The Balaban J connectivity index is 2.12. The minimum Gasteiger partial charge on any atom is -0.323 e. The highest BCUT2D eigenvalue weighted by molar-refractivity contribution is 6.07. The molecule has 0 atom stereocenters. The van der Waals surface area contributed by atoms with Crippen LogP contribution in [0.4, 0.5) is 4.79 Å². The van der Waals surface area contributed by atoms with E-state index in [9.17, 15) is 9.59 Å². The molecule has 1 spiro atoms. The van der Waals surface area contributed by atoms with Crippen LogP contribution in [0.5, 0.6) is 0 Å². The van der Waals surface area contributed by atoms with Crippen molar-refractivity contribution in [2.24, 2.45) is 0 Å². The van der Waals surface area contributed by atoms with Gasteiger partial charge in [-0.1, -0.05) is 19.3 Å². The lowest BCUT2D eigenvalue weighted by Gasteiger charge is -2.30. The highest BCUT2D eigenvalue weighted by atomic mass is 16.2. The standard InChI is InChI=1S/C12H16N2O2/c1-2-3-9-14-10(15)12(13-11(14)16)7-5-4-6-8-12/h1H,3-9H2,(H,13,16). The minimum absolute atomic E-state index is 0.0764. The lowest BCUT2D eigenvalue weighted by atomic mass is 9.82. The van der Waals surface area contributed by atoms with Crippen molar-refractivity contribution in [3.63, 3.8) is 0 Å². The number of carbonyl (C=O) groups excluding carboxylic acids is 2. The van der Waals surface area contributed by atoms with Crippen molar-refractivity contribution in [1.29, 1.82) is 0 Å². The Morgan fingerprint density at radius 3 is 2.62 bits per heavy atom. The Hall–Kier alpha value is -1.50. The first-order valence-corrected chi connectivity index (χ1v) is 5.77. The van der Waals surface area contributed by atoms with Gasteiger partial charge < -0.3 is 5.32 Å². The maximum Gasteiger partial charge on any atom is 0.325 e. The molecule has 0 bridgehead atoms. The average Bonchev–Trinajstić information content (AvgIpc) is 2.50. The second-order valence-corrected chi connectivity index (χ2v) is 4.48. The van der Waals surface area contributed by atoms with Crippen LogP contribution in [-0.4, -0.2) is 28.9 Å². The number of urea groups is 1. The van der Waals surface area contributed by atoms with Crippen molar-refractivity contribution >= 4 is 11.9 Å². The maximum absolute atomic E-state index is 12.2. The zero-order chi connectivity index (χ0) is 11.6. The Bertz CT molecular complexity index is 351. The molecule has 0 aromatic heterocycles. The molecule has 4 heteroatoms. The molecule has 1 N–H and O–H groups in total. The van der Waals surface area contributed by atoms with E-state index in [1.54, 1.807) is 0 Å². The van der Waals surface area contributed by atoms with Crippen molar-refractivity contribution in [2.75, 3.05) is 6.54 Å². The zero-order valence-corrected chi connectivity index (χ0v) is 9.29. The maximum atomic E-state index is 12.2. The third-order valence-electron chi connectivity index (χ3n) is 3.43. The van der Waals surface area contributed by atoms with Crippen LogP contribution in [0.1, 0.15) is 38.5 Å². The quantitative estimate of drug-likeness (QED) is 0.562. The summed E-state index contributed by atoms with van der Waals surface area (Å²) in [5.74, 6) is 2.38. The van der Waals surface area contributed by atoms with E-state index < -0.39 is 5.54 Å². The third-order valence-corrected chi connectivity index (χ3v) is 3.43. The first-order valence-electron chi connectivity index (χ1n) is 5.77. The van der Waals surface area contributed by atoms with E-state index in [-0.39, 0.29) is 11.9 Å². The van der Waals surface area contributed by atoms with Gasteiger partial charge in [-0.05, 0) is 12.8 Å². The molecule has 16 heavy (non-hydrogen) atoms. The summed E-state index contributed by atoms with van der Waals surface area (Å²) >= 11 is 0. The summed E-state index contributed by atoms with van der Waals surface area (Å²) in [4.78, 5) is 25.1. The van der Waals surface area contributed by atoms with Gasteiger partial charge in [0.15, 0.2) is 0 Å². The highest BCUT2D eigenvalue weighted by Gasteiger charge is 2.50. The number of nitrogens with one attached hydrogen (secondary N) is 1. The van der Waals surface area contributed by atoms with Crippen LogP contribution >= 0.6 is 0 Å². The van der Waals surface area contributed by atoms with Gasteiger partial charge in [-0.3, -0.25) is 9.69 Å². The second kappa shape index (κ2) is 4.17. The molecular formula is C12H16N2O2. The zero-order valence-electron chi connectivity index (χ0n) is 9.29. The van der Waals surface area contributed by atoms with Crippen LogP contribution < -0.4 is 5.32 Å². The average molecular weight is 220 g/mol. The van der Waals surface area contributed by atoms with Gasteiger partial charge in [-0.15, -0.1) is 12.3 Å². The molecule has 1 aliphatic carbocycles. The van der Waals surface area contributed by atoms with Gasteiger partial charge in [-0.2, -0.15) is 0 Å². The number of imide groups is 1. The van der Waals surface area contributed by atoms with Gasteiger partial charge in [0.1, 0.15) is 5.54 Å². The molecule has 86 valence electrons. The van der Waals surface area contributed by atoms with E-state index in [1.807, 2.05) is 0 Å². The van der Waals surface area contributed by atoms with Crippen LogP contribution in [0.2, 0.25) is 0 Å². The fraction of sp³-hybridized carbons (Fsp3) is 0.667. The van der Waals surface area contributed by atoms with E-state index in [1.165, 1.54) is 4.90 Å². The molecule has 2 aliphatic rings. The molecule has 0 aromatic carbocycles. The molecule has 1 heterocycles. The molecule has 3 amide bonds. The predicted octanol–water partition coefficient (Wildman–Crippen LogP) is 1.26. The lowest BCUT2D eigenvalue weighted by Crippen LogP contribution is -2.48. The van der Waals surface area contributed by atoms with E-state index in [0.717, 1.165) is 32.1 Å². The summed E-state index contributed by atoms with van der Waals surface area (Å²) in [5.41, 5.74) is -0.607. The molecule has 2 fully saturated rings. The monoisotopic (exact) mass is 220 g/mol. The summed E-state index contributed by atoms with van der Waals surface area (Å²) in [5, 5.41) is 2.85. The second-order valence-electron chi connectivity index (χ2n) is 4.48. The van der Waals surface area contributed by atoms with Crippen molar-refractivity contribution in [3.8, 4) is 12.3 Å². The summed E-state index contributed by atoms with van der Waals surface area (Å²) in [6, 6.07) is -0.276. The van der Waals surface area contributed by atoms with Gasteiger partial charge >= 0.3 is 6.03 Å². The van der Waals surface area contributed by atoms with Crippen LogP contribution in [0, 0.1) is 12.3 Å². The molecule has 0 unspecified atom stereocenters. The molecule has 0 aromatic rings. The number of carbonyl (C=O) groups is 2. The Labute approximate surface area is 95.4 Å². The largest absolute Gasteiger partial charge is 0.325 e. The topological polar surface area (TPSA) is 49.4 Å². The number of rotatable bonds is 2. The lowest BCUT2D eigenvalue weighted by molar-refractivity contribution is -0.132. The number of hydrogen-bond acceptors (Lipinski definition) is 2. The first kappa shape index (κ1) is 11.0. The highest BCUT2D eigenvalue weighted by Crippen LogP contribution is 2.33. The predicted molar refractivity (Wildman–Crippen MR) is 59.5 cm³/mol. The van der Waals surface area contributed by atoms with Crippen molar-refractivity contribution in [1.82, 2.24) is 10.2 Å². The summed E-state index contributed by atoms with van der Waals surface area (Å²) in [6.07, 6.45) is 10.3. The van der Waals surface area contributed by atoms with Gasteiger partial charge in [0, 0.05) is 13.0 Å². The normalized spacial score (nSPS) is 23.3. The van der Waals surface area contributed by atoms with Crippen LogP contribution in [-0.2, 0) is 4.79 Å². The van der Waals surface area contributed by atoms with Gasteiger partial charge in [0.2, 0.25) is 0 Å². The summed E-state index contributed by atoms with van der Waals surface area (Å²) in [7, 11) is 0. The Morgan fingerprint density at radius 1 is 1.31 bits per heavy atom. The van der Waals surface area contributed by atoms with Crippen molar-refractivity contribution in [2.45, 2.75) is 44.1 Å². The molecule has 1 saturated carbocycles. The Morgan fingerprint density at radius 2 is 2.00 bits per heavy atom. The van der Waals surface area contributed by atoms with Crippen molar-refractivity contribution < 1.29 is 9.59 Å². The van der Waals surface area contributed by atoms with Crippen LogP contribution in [0.25, 0.3) is 0 Å². The van der Waals surface area contributed by atoms with Gasteiger partial charge in [0.05, 0.1) is 0 Å². The molecule has 1 aliphatic heterocycles. The molecule has 1 saturated heterocycles. The molecule has 4 nitrogen and oxygen atoms in total. The first-order chi connectivity index (χ1) is 7.69. The van der Waals surface area contributed by atoms with Crippen molar-refractivity contribution in [3.05, 3.63) is 0 Å². The van der Waals surface area contributed by atoms with Crippen LogP contribution in [0.3, 0.4) is 0 Å². The SMILES string of the molecule is C#CCCN1C(=O)NC2(CCCCC2)C1=O. The summed E-state index contributed by atoms with van der Waals surface area (Å²) < 4.78 is 0.